The van der Waals surface area contributed by atoms with Crippen LogP contribution in [0.2, 0.25) is 0 Å². The fourth-order valence-electron chi connectivity index (χ4n) is 3.94. The highest BCUT2D eigenvalue weighted by Gasteiger charge is 2.30. The maximum absolute atomic E-state index is 12.8. The number of fused-ring (bicyclic) bond motifs is 1. The van der Waals surface area contributed by atoms with Crippen LogP contribution >= 0.6 is 0 Å². The molecule has 0 spiro atoms. The zero-order chi connectivity index (χ0) is 19.9. The molecule has 1 N–H and O–H groups in total. The fourth-order valence-corrected chi connectivity index (χ4v) is 4.57. The Bertz CT molecular complexity index is 1050. The summed E-state index contributed by atoms with van der Waals surface area (Å²) < 4.78 is 25.4. The molecule has 2 aromatic rings. The van der Waals surface area contributed by atoms with Crippen LogP contribution in [0.1, 0.15) is 60.3 Å². The van der Waals surface area contributed by atoms with E-state index in [9.17, 15) is 13.2 Å². The van der Waals surface area contributed by atoms with Crippen LogP contribution in [-0.4, -0.2) is 42.6 Å². The Morgan fingerprint density at radius 3 is 2.46 bits per heavy atom. The number of hydrogen-bond donors (Lipinski definition) is 1. The Hall–Kier alpha value is -2.48. The van der Waals surface area contributed by atoms with Crippen molar-refractivity contribution in [2.75, 3.05) is 12.8 Å². The minimum atomic E-state index is -3.26. The number of carbonyl (C=O) groups excluding carboxylic acids is 1. The monoisotopic (exact) mass is 400 g/mol. The molecule has 0 atom stereocenters. The first-order chi connectivity index (χ1) is 13.4. The summed E-state index contributed by atoms with van der Waals surface area (Å²) in [6, 6.07) is 6.91. The second kappa shape index (κ2) is 7.16. The number of sulfone groups is 1. The van der Waals surface area contributed by atoms with E-state index in [1.54, 1.807) is 24.3 Å². The smallest absolute Gasteiger partial charge is 0.257 e. The summed E-state index contributed by atoms with van der Waals surface area (Å²) in [6.07, 6.45) is 6.28. The third-order valence-corrected chi connectivity index (χ3v) is 6.59. The topological polar surface area (TPSA) is 93.4 Å². The number of rotatable bonds is 4. The molecule has 1 amide bonds. The summed E-state index contributed by atoms with van der Waals surface area (Å²) >= 11 is 0. The molecular formula is C20H24N4O3S. The van der Waals surface area contributed by atoms with E-state index in [0.29, 0.717) is 30.1 Å². The molecule has 1 aliphatic carbocycles. The molecule has 148 valence electrons. The molecule has 0 saturated heterocycles. The van der Waals surface area contributed by atoms with Gasteiger partial charge in [0.05, 0.1) is 28.9 Å². The highest BCUT2D eigenvalue weighted by molar-refractivity contribution is 7.90. The van der Waals surface area contributed by atoms with Crippen LogP contribution in [0.15, 0.2) is 34.2 Å². The number of carbonyl (C=O) groups is 1. The second-order valence-corrected chi connectivity index (χ2v) is 9.44. The van der Waals surface area contributed by atoms with Gasteiger partial charge in [0.15, 0.2) is 15.7 Å². The molecule has 7 nitrogen and oxygen atoms in total. The lowest BCUT2D eigenvalue weighted by Crippen LogP contribution is -2.28. The molecule has 8 heteroatoms. The Morgan fingerprint density at radius 2 is 1.86 bits per heavy atom. The maximum atomic E-state index is 12.8. The van der Waals surface area contributed by atoms with Crippen LogP contribution in [0.5, 0.6) is 0 Å². The average molecular weight is 401 g/mol. The van der Waals surface area contributed by atoms with Gasteiger partial charge in [0.25, 0.3) is 5.91 Å². The van der Waals surface area contributed by atoms with Crippen LogP contribution in [-0.2, 0) is 16.3 Å². The molecule has 1 aromatic carbocycles. The lowest BCUT2D eigenvalue weighted by atomic mass is 10.1. The maximum Gasteiger partial charge on any atom is 0.257 e. The largest absolute Gasteiger partial charge is 0.346 e. The standard InChI is InChI=1S/C20H24N4O3S/c1-3-16-18-19(24(23-16)14-6-4-5-7-14)22-17(12-21-20(18)25)13-8-10-15(11-9-13)28(2,26)27/h8-11,14H,3-7,12H2,1-2H3,(H,21,25). The Labute approximate surface area is 164 Å². The minimum Gasteiger partial charge on any atom is -0.346 e. The van der Waals surface area contributed by atoms with Crippen LogP contribution in [0.3, 0.4) is 0 Å². The van der Waals surface area contributed by atoms with Gasteiger partial charge in [0.2, 0.25) is 0 Å². The van der Waals surface area contributed by atoms with Crippen molar-refractivity contribution in [1.82, 2.24) is 15.1 Å². The van der Waals surface area contributed by atoms with E-state index in [0.717, 1.165) is 36.9 Å². The minimum absolute atomic E-state index is 0.150. The second-order valence-electron chi connectivity index (χ2n) is 7.42. The molecule has 28 heavy (non-hydrogen) atoms. The molecule has 4 rings (SSSR count). The van der Waals surface area contributed by atoms with Crippen molar-refractivity contribution in [3.05, 3.63) is 41.1 Å². The first kappa shape index (κ1) is 18.9. The van der Waals surface area contributed by atoms with Gasteiger partial charge in [0.1, 0.15) is 5.56 Å². The van der Waals surface area contributed by atoms with Crippen molar-refractivity contribution < 1.29 is 13.2 Å². The van der Waals surface area contributed by atoms with Crippen molar-refractivity contribution >= 4 is 27.3 Å². The summed E-state index contributed by atoms with van der Waals surface area (Å²) in [6.45, 7) is 2.29. The molecule has 1 aromatic heterocycles. The van der Waals surface area contributed by atoms with E-state index in [-0.39, 0.29) is 16.8 Å². The summed E-state index contributed by atoms with van der Waals surface area (Å²) in [5.74, 6) is 0.476. The number of nitrogens with zero attached hydrogens (tertiary/aromatic N) is 3. The van der Waals surface area contributed by atoms with E-state index < -0.39 is 9.84 Å². The molecule has 2 aliphatic rings. The molecular weight excluding hydrogens is 376 g/mol. The van der Waals surface area contributed by atoms with Gasteiger partial charge in [0, 0.05) is 6.26 Å². The molecule has 0 radical (unpaired) electrons. The number of hydrogen-bond acceptors (Lipinski definition) is 5. The fraction of sp³-hybridized carbons (Fsp3) is 0.450. The Balaban J connectivity index is 1.81. The first-order valence-corrected chi connectivity index (χ1v) is 11.5. The van der Waals surface area contributed by atoms with Crippen LogP contribution < -0.4 is 5.32 Å². The highest BCUT2D eigenvalue weighted by atomic mass is 32.2. The van der Waals surface area contributed by atoms with Crippen molar-refractivity contribution in [3.8, 4) is 0 Å². The SMILES string of the molecule is CCc1nn(C2CCCC2)c2c1C(=O)NCC(c1ccc(S(C)(=O)=O)cc1)=N2. The molecule has 1 aliphatic heterocycles. The zero-order valence-corrected chi connectivity index (χ0v) is 16.9. The van der Waals surface area contributed by atoms with E-state index in [2.05, 4.69) is 5.32 Å². The van der Waals surface area contributed by atoms with E-state index >= 15 is 0 Å². The van der Waals surface area contributed by atoms with Gasteiger partial charge in [-0.2, -0.15) is 5.10 Å². The number of aromatic nitrogens is 2. The molecule has 1 fully saturated rings. The lowest BCUT2D eigenvalue weighted by Gasteiger charge is -2.12. The van der Waals surface area contributed by atoms with Crippen molar-refractivity contribution in [3.63, 3.8) is 0 Å². The third kappa shape index (κ3) is 3.37. The molecule has 0 unspecified atom stereocenters. The number of aliphatic imine (C=N–C) groups is 1. The van der Waals surface area contributed by atoms with E-state index in [1.165, 1.54) is 6.26 Å². The van der Waals surface area contributed by atoms with Crippen molar-refractivity contribution in [1.29, 1.82) is 0 Å². The third-order valence-electron chi connectivity index (χ3n) is 5.46. The van der Waals surface area contributed by atoms with Gasteiger partial charge in [-0.15, -0.1) is 0 Å². The van der Waals surface area contributed by atoms with Crippen molar-refractivity contribution in [2.45, 2.75) is 50.0 Å². The lowest BCUT2D eigenvalue weighted by molar-refractivity contribution is 0.0960. The summed E-state index contributed by atoms with van der Waals surface area (Å²) in [7, 11) is -3.26. The van der Waals surface area contributed by atoms with Gasteiger partial charge in [-0.25, -0.2) is 18.1 Å². The van der Waals surface area contributed by atoms with Crippen molar-refractivity contribution in [2.24, 2.45) is 4.99 Å². The van der Waals surface area contributed by atoms with E-state index in [1.807, 2.05) is 11.6 Å². The number of benzene rings is 1. The predicted molar refractivity (Wildman–Crippen MR) is 107 cm³/mol. The van der Waals surface area contributed by atoms with Gasteiger partial charge >= 0.3 is 0 Å². The average Bonchev–Trinajstić information content (AvgIpc) is 3.28. The van der Waals surface area contributed by atoms with Crippen LogP contribution in [0.25, 0.3) is 0 Å². The molecule has 1 saturated carbocycles. The quantitative estimate of drug-likeness (QED) is 0.854. The number of amides is 1. The predicted octanol–water partition coefficient (Wildman–Crippen LogP) is 2.83. The zero-order valence-electron chi connectivity index (χ0n) is 16.1. The van der Waals surface area contributed by atoms with Gasteiger partial charge < -0.3 is 5.32 Å². The van der Waals surface area contributed by atoms with Gasteiger partial charge in [-0.1, -0.05) is 31.9 Å². The summed E-state index contributed by atoms with van der Waals surface area (Å²) in [4.78, 5) is 17.9. The highest BCUT2D eigenvalue weighted by Crippen LogP contribution is 2.36. The van der Waals surface area contributed by atoms with Gasteiger partial charge in [-0.3, -0.25) is 4.79 Å². The Morgan fingerprint density at radius 1 is 1.18 bits per heavy atom. The van der Waals surface area contributed by atoms with Crippen LogP contribution in [0.4, 0.5) is 5.82 Å². The molecule has 2 heterocycles. The van der Waals surface area contributed by atoms with E-state index in [4.69, 9.17) is 10.1 Å². The number of nitrogens with one attached hydrogen (secondary N) is 1. The first-order valence-electron chi connectivity index (χ1n) is 9.66. The van der Waals surface area contributed by atoms with Crippen LogP contribution in [0, 0.1) is 0 Å². The number of aryl methyl sites for hydroxylation is 1. The normalized spacial score (nSPS) is 17.8. The molecule has 0 bridgehead atoms. The van der Waals surface area contributed by atoms with Gasteiger partial charge in [-0.05, 0) is 37.0 Å². The summed E-state index contributed by atoms with van der Waals surface area (Å²) in [5, 5.41) is 7.66. The summed E-state index contributed by atoms with van der Waals surface area (Å²) in [5.41, 5.74) is 2.83. The Kier molecular flexibility index (Phi) is 4.82.